The Hall–Kier alpha value is -0.180. The van der Waals surface area contributed by atoms with Crippen LogP contribution in [0.1, 0.15) is 20.3 Å². The van der Waals surface area contributed by atoms with Gasteiger partial charge in [-0.25, -0.2) is 0 Å². The minimum Gasteiger partial charge on any atom is -0.336 e. The van der Waals surface area contributed by atoms with Crippen LogP contribution in [0.4, 0.5) is 8.78 Å². The third kappa shape index (κ3) is 5.82. The Morgan fingerprint density at radius 3 is 1.88 bits per heavy atom. The molecule has 0 aromatic carbocycles. The van der Waals surface area contributed by atoms with Gasteiger partial charge in [-0.15, -0.1) is 0 Å². The zero-order valence-electron chi connectivity index (χ0n) is 4.99. The van der Waals surface area contributed by atoms with Crippen LogP contribution in [0.15, 0.2) is 0 Å². The van der Waals surface area contributed by atoms with Crippen molar-refractivity contribution in [2.24, 2.45) is 5.92 Å². The van der Waals surface area contributed by atoms with Gasteiger partial charge in [0.1, 0.15) is 0 Å². The second-order valence-corrected chi connectivity index (χ2v) is 2.26. The minimum atomic E-state index is -3.48. The van der Waals surface area contributed by atoms with E-state index in [1.165, 1.54) is 0 Å². The van der Waals surface area contributed by atoms with Crippen molar-refractivity contribution in [1.29, 1.82) is 0 Å². The highest BCUT2D eigenvalue weighted by Crippen LogP contribution is 2.18. The first-order valence-electron chi connectivity index (χ1n) is 2.52. The summed E-state index contributed by atoms with van der Waals surface area (Å²) in [5.74, 6) is -0.157. The lowest BCUT2D eigenvalue weighted by Gasteiger charge is -2.09. The van der Waals surface area contributed by atoms with E-state index in [0.717, 1.165) is 0 Å². The number of aliphatic hydroxyl groups is 1. The molecule has 0 amide bonds. The minimum absolute atomic E-state index is 0.157. The molecular weight excluding hydrogens is 114 g/mol. The molecule has 50 valence electrons. The summed E-state index contributed by atoms with van der Waals surface area (Å²) in [6.45, 7) is 3.26. The van der Waals surface area contributed by atoms with E-state index in [1.807, 2.05) is 0 Å². The Morgan fingerprint density at radius 2 is 1.88 bits per heavy atom. The Kier molecular flexibility index (Phi) is 2.34. The van der Waals surface area contributed by atoms with E-state index >= 15 is 0 Å². The maximum Gasteiger partial charge on any atom is 0.353 e. The van der Waals surface area contributed by atoms with E-state index in [-0.39, 0.29) is 5.92 Å². The van der Waals surface area contributed by atoms with Gasteiger partial charge in [-0.1, -0.05) is 13.8 Å². The summed E-state index contributed by atoms with van der Waals surface area (Å²) >= 11 is 0. The topological polar surface area (TPSA) is 20.2 Å². The molecule has 0 fully saturated rings. The van der Waals surface area contributed by atoms with E-state index < -0.39 is 12.5 Å². The average molecular weight is 124 g/mol. The van der Waals surface area contributed by atoms with Gasteiger partial charge in [-0.2, -0.15) is 8.78 Å². The SMILES string of the molecule is CC(C)CC(O)(F)F. The summed E-state index contributed by atoms with van der Waals surface area (Å²) in [7, 11) is 0. The standard InChI is InChI=1S/C5H10F2O/c1-4(2)3-5(6,7)8/h4,8H,3H2,1-2H3. The van der Waals surface area contributed by atoms with Crippen molar-refractivity contribution in [1.82, 2.24) is 0 Å². The Balaban J connectivity index is 3.39. The quantitative estimate of drug-likeness (QED) is 0.593. The first kappa shape index (κ1) is 7.82. The van der Waals surface area contributed by atoms with Crippen molar-refractivity contribution < 1.29 is 13.9 Å². The molecule has 0 aliphatic heterocycles. The Morgan fingerprint density at radius 1 is 1.50 bits per heavy atom. The highest BCUT2D eigenvalue weighted by Gasteiger charge is 2.24. The zero-order chi connectivity index (χ0) is 6.78. The lowest BCUT2D eigenvalue weighted by atomic mass is 10.1. The van der Waals surface area contributed by atoms with Crippen LogP contribution in [-0.4, -0.2) is 11.2 Å². The molecule has 3 heteroatoms. The van der Waals surface area contributed by atoms with Gasteiger partial charge in [0.25, 0.3) is 0 Å². The molecule has 0 aromatic heterocycles. The van der Waals surface area contributed by atoms with Gasteiger partial charge < -0.3 is 5.11 Å². The number of rotatable bonds is 2. The number of hydrogen-bond donors (Lipinski definition) is 1. The van der Waals surface area contributed by atoms with Gasteiger partial charge in [-0.05, 0) is 5.92 Å². The van der Waals surface area contributed by atoms with Gasteiger partial charge in [0, 0.05) is 6.42 Å². The van der Waals surface area contributed by atoms with Gasteiger partial charge >= 0.3 is 6.11 Å². The lowest BCUT2D eigenvalue weighted by molar-refractivity contribution is -0.208. The van der Waals surface area contributed by atoms with Gasteiger partial charge in [0.15, 0.2) is 0 Å². The number of halogens is 2. The first-order valence-corrected chi connectivity index (χ1v) is 2.52. The Bertz CT molecular complexity index is 65.3. The second-order valence-electron chi connectivity index (χ2n) is 2.26. The largest absolute Gasteiger partial charge is 0.353 e. The van der Waals surface area contributed by atoms with Crippen LogP contribution in [0.5, 0.6) is 0 Å². The molecule has 0 spiro atoms. The fourth-order valence-corrected chi connectivity index (χ4v) is 0.491. The molecule has 0 saturated carbocycles. The molecular formula is C5H10F2O. The van der Waals surface area contributed by atoms with Crippen molar-refractivity contribution in [3.63, 3.8) is 0 Å². The molecule has 0 bridgehead atoms. The maximum atomic E-state index is 11.5. The molecule has 0 aliphatic carbocycles. The summed E-state index contributed by atoms with van der Waals surface area (Å²) in [6.07, 6.45) is -3.93. The summed E-state index contributed by atoms with van der Waals surface area (Å²) in [5.41, 5.74) is 0. The normalized spacial score (nSPS) is 12.8. The highest BCUT2D eigenvalue weighted by atomic mass is 19.3. The molecule has 0 aromatic rings. The third-order valence-corrected chi connectivity index (χ3v) is 0.654. The van der Waals surface area contributed by atoms with Crippen LogP contribution < -0.4 is 0 Å². The van der Waals surface area contributed by atoms with Gasteiger partial charge in [-0.3, -0.25) is 0 Å². The second kappa shape index (κ2) is 2.40. The molecule has 1 N–H and O–H groups in total. The van der Waals surface area contributed by atoms with Crippen molar-refractivity contribution >= 4 is 0 Å². The van der Waals surface area contributed by atoms with E-state index in [4.69, 9.17) is 5.11 Å². The fourth-order valence-electron chi connectivity index (χ4n) is 0.491. The molecule has 0 radical (unpaired) electrons. The third-order valence-electron chi connectivity index (χ3n) is 0.654. The Labute approximate surface area is 47.3 Å². The van der Waals surface area contributed by atoms with Gasteiger partial charge in [0.2, 0.25) is 0 Å². The van der Waals surface area contributed by atoms with Crippen LogP contribution in [0, 0.1) is 5.92 Å². The van der Waals surface area contributed by atoms with Crippen LogP contribution in [0.25, 0.3) is 0 Å². The zero-order valence-corrected chi connectivity index (χ0v) is 4.99. The first-order chi connectivity index (χ1) is 3.42. The molecule has 0 rings (SSSR count). The number of hydrogen-bond acceptors (Lipinski definition) is 1. The molecule has 0 unspecified atom stereocenters. The van der Waals surface area contributed by atoms with Crippen molar-refractivity contribution in [2.75, 3.05) is 0 Å². The predicted octanol–water partition coefficient (Wildman–Crippen LogP) is 1.62. The van der Waals surface area contributed by atoms with Gasteiger partial charge in [0.05, 0.1) is 0 Å². The van der Waals surface area contributed by atoms with Crippen LogP contribution >= 0.6 is 0 Å². The monoisotopic (exact) mass is 124 g/mol. The molecule has 0 saturated heterocycles. The fraction of sp³-hybridized carbons (Fsp3) is 1.00. The predicted molar refractivity (Wildman–Crippen MR) is 26.6 cm³/mol. The van der Waals surface area contributed by atoms with E-state index in [0.29, 0.717) is 0 Å². The summed E-state index contributed by atoms with van der Waals surface area (Å²) in [5, 5.41) is 7.85. The van der Waals surface area contributed by atoms with E-state index in [9.17, 15) is 8.78 Å². The van der Waals surface area contributed by atoms with Crippen LogP contribution in [0.2, 0.25) is 0 Å². The van der Waals surface area contributed by atoms with Crippen LogP contribution in [0.3, 0.4) is 0 Å². The molecule has 0 aliphatic rings. The summed E-state index contributed by atoms with van der Waals surface area (Å²) in [6, 6.07) is 0. The smallest absolute Gasteiger partial charge is 0.336 e. The average Bonchev–Trinajstić information content (AvgIpc) is 1.21. The molecule has 0 heterocycles. The lowest BCUT2D eigenvalue weighted by Crippen LogP contribution is -2.16. The van der Waals surface area contributed by atoms with Crippen molar-refractivity contribution in [3.8, 4) is 0 Å². The molecule has 8 heavy (non-hydrogen) atoms. The van der Waals surface area contributed by atoms with E-state index in [2.05, 4.69) is 0 Å². The van der Waals surface area contributed by atoms with Crippen molar-refractivity contribution in [3.05, 3.63) is 0 Å². The highest BCUT2D eigenvalue weighted by molar-refractivity contribution is 4.51. The summed E-state index contributed by atoms with van der Waals surface area (Å²) in [4.78, 5) is 0. The molecule has 1 nitrogen and oxygen atoms in total. The van der Waals surface area contributed by atoms with Crippen molar-refractivity contribution in [2.45, 2.75) is 26.4 Å². The summed E-state index contributed by atoms with van der Waals surface area (Å²) < 4.78 is 23.1. The van der Waals surface area contributed by atoms with E-state index in [1.54, 1.807) is 13.8 Å². The molecule has 0 atom stereocenters. The maximum absolute atomic E-state index is 11.5. The van der Waals surface area contributed by atoms with Crippen LogP contribution in [-0.2, 0) is 0 Å². The number of alkyl halides is 2.